The van der Waals surface area contributed by atoms with Gasteiger partial charge in [-0.15, -0.1) is 6.58 Å². The molecular formula is C32H41N3O3. The summed E-state index contributed by atoms with van der Waals surface area (Å²) in [4.78, 5) is 37.6. The maximum atomic E-state index is 13.4. The van der Waals surface area contributed by atoms with Crippen LogP contribution in [0.2, 0.25) is 0 Å². The molecule has 6 heteroatoms. The number of amides is 2. The van der Waals surface area contributed by atoms with E-state index < -0.39 is 5.60 Å². The fraction of sp³-hybridized carbons (Fsp3) is 0.500. The Balaban J connectivity index is 1.29. The molecule has 5 rings (SSSR count). The van der Waals surface area contributed by atoms with Crippen molar-refractivity contribution in [3.8, 4) is 0 Å². The molecule has 38 heavy (non-hydrogen) atoms. The van der Waals surface area contributed by atoms with E-state index in [-0.39, 0.29) is 23.8 Å². The molecule has 1 aliphatic carbocycles. The molecule has 2 heterocycles. The van der Waals surface area contributed by atoms with Gasteiger partial charge < -0.3 is 9.80 Å². The molecule has 6 nitrogen and oxygen atoms in total. The summed E-state index contributed by atoms with van der Waals surface area (Å²) in [5, 5.41) is 2.09. The van der Waals surface area contributed by atoms with E-state index in [0.717, 1.165) is 63.7 Å². The third-order valence-corrected chi connectivity index (χ3v) is 8.76. The van der Waals surface area contributed by atoms with Gasteiger partial charge in [-0.05, 0) is 43.4 Å². The molecule has 1 saturated carbocycles. The Hall–Kier alpha value is -2.96. The molecule has 0 spiro atoms. The molecule has 2 amide bonds. The normalized spacial score (nSPS) is 25.0. The molecule has 2 atom stereocenters. The predicted molar refractivity (Wildman–Crippen MR) is 149 cm³/mol. The minimum atomic E-state index is -0.566. The number of hydrogen-bond donors (Lipinski definition) is 0. The Morgan fingerprint density at radius 1 is 1.00 bits per heavy atom. The first kappa shape index (κ1) is 26.6. The smallest absolute Gasteiger partial charge is 0.254 e. The standard InChI is InChI=1S/C32H41N3O3/c1-3-20-35(31(37)27-12-6-4-7-13-27)29-18-21-34(22-19-29)38-32(28-16-8-5-9-17-28)24-33(23-25(32)2)30(36)26-14-10-11-15-26/h3-9,12-13,16-17,25-26,29H,1,10-11,14-15,18-24H2,2H3/t25-,32+/m0/s1. The lowest BCUT2D eigenvalue weighted by Crippen LogP contribution is -2.51. The second-order valence-corrected chi connectivity index (χ2v) is 11.2. The maximum Gasteiger partial charge on any atom is 0.254 e. The molecule has 2 saturated heterocycles. The first-order valence-corrected chi connectivity index (χ1v) is 14.3. The molecule has 3 aliphatic rings. The van der Waals surface area contributed by atoms with Gasteiger partial charge in [0, 0.05) is 49.6 Å². The van der Waals surface area contributed by atoms with Crippen LogP contribution < -0.4 is 0 Å². The van der Waals surface area contributed by atoms with Gasteiger partial charge in [-0.3, -0.25) is 14.4 Å². The van der Waals surface area contributed by atoms with Crippen LogP contribution in [-0.4, -0.2) is 65.4 Å². The lowest BCUT2D eigenvalue weighted by Gasteiger charge is -2.42. The molecule has 2 aromatic carbocycles. The summed E-state index contributed by atoms with van der Waals surface area (Å²) < 4.78 is 0. The lowest BCUT2D eigenvalue weighted by atomic mass is 9.85. The highest BCUT2D eigenvalue weighted by Crippen LogP contribution is 2.43. The van der Waals surface area contributed by atoms with Crippen molar-refractivity contribution in [3.63, 3.8) is 0 Å². The average molecular weight is 516 g/mol. The zero-order chi connectivity index (χ0) is 26.5. The minimum absolute atomic E-state index is 0.0520. The Kier molecular flexibility index (Phi) is 8.29. The highest BCUT2D eigenvalue weighted by molar-refractivity contribution is 5.94. The third kappa shape index (κ3) is 5.43. The third-order valence-electron chi connectivity index (χ3n) is 8.76. The van der Waals surface area contributed by atoms with Crippen LogP contribution in [0.3, 0.4) is 0 Å². The van der Waals surface area contributed by atoms with E-state index in [1.54, 1.807) is 0 Å². The van der Waals surface area contributed by atoms with Crippen LogP contribution in [0, 0.1) is 11.8 Å². The van der Waals surface area contributed by atoms with Crippen molar-refractivity contribution in [2.24, 2.45) is 11.8 Å². The second kappa shape index (κ2) is 11.8. The van der Waals surface area contributed by atoms with Gasteiger partial charge in [-0.1, -0.05) is 74.4 Å². The molecule has 2 aliphatic heterocycles. The van der Waals surface area contributed by atoms with Gasteiger partial charge in [-0.25, -0.2) is 0 Å². The number of carbonyl (C=O) groups excluding carboxylic acids is 2. The summed E-state index contributed by atoms with van der Waals surface area (Å²) in [6.07, 6.45) is 7.81. The monoisotopic (exact) mass is 515 g/mol. The summed E-state index contributed by atoms with van der Waals surface area (Å²) in [6.45, 7) is 9.42. The quantitative estimate of drug-likeness (QED) is 0.449. The van der Waals surface area contributed by atoms with Crippen LogP contribution in [0.1, 0.15) is 61.4 Å². The van der Waals surface area contributed by atoms with Crippen LogP contribution in [-0.2, 0) is 15.2 Å². The molecular weight excluding hydrogens is 474 g/mol. The molecule has 202 valence electrons. The van der Waals surface area contributed by atoms with Gasteiger partial charge in [0.1, 0.15) is 5.60 Å². The van der Waals surface area contributed by atoms with E-state index in [4.69, 9.17) is 4.84 Å². The topological polar surface area (TPSA) is 53.1 Å². The molecule has 0 bridgehead atoms. The van der Waals surface area contributed by atoms with E-state index in [9.17, 15) is 9.59 Å². The van der Waals surface area contributed by atoms with Crippen LogP contribution in [0.4, 0.5) is 0 Å². The Bertz CT molecular complexity index is 1090. The summed E-state index contributed by atoms with van der Waals surface area (Å²) in [6, 6.07) is 20.0. The number of rotatable bonds is 8. The fourth-order valence-corrected chi connectivity index (χ4v) is 6.61. The minimum Gasteiger partial charge on any atom is -0.339 e. The van der Waals surface area contributed by atoms with Crippen LogP contribution >= 0.6 is 0 Å². The summed E-state index contributed by atoms with van der Waals surface area (Å²) in [5.41, 5.74) is 1.27. The number of benzene rings is 2. The van der Waals surface area contributed by atoms with Crippen molar-refractivity contribution in [2.45, 2.75) is 57.1 Å². The predicted octanol–water partition coefficient (Wildman–Crippen LogP) is 5.27. The number of hydrogen-bond acceptors (Lipinski definition) is 4. The van der Waals surface area contributed by atoms with Gasteiger partial charge in [-0.2, -0.15) is 5.06 Å². The highest BCUT2D eigenvalue weighted by Gasteiger charge is 2.51. The first-order chi connectivity index (χ1) is 18.5. The first-order valence-electron chi connectivity index (χ1n) is 14.3. The molecule has 3 fully saturated rings. The van der Waals surface area contributed by atoms with Crippen molar-refractivity contribution < 1.29 is 14.4 Å². The number of nitrogens with zero attached hydrogens (tertiary/aromatic N) is 3. The molecule has 0 unspecified atom stereocenters. The van der Waals surface area contributed by atoms with Crippen molar-refractivity contribution in [1.82, 2.24) is 14.9 Å². The van der Waals surface area contributed by atoms with Crippen LogP contribution in [0.5, 0.6) is 0 Å². The Morgan fingerprint density at radius 2 is 1.63 bits per heavy atom. The number of carbonyl (C=O) groups is 2. The lowest BCUT2D eigenvalue weighted by molar-refractivity contribution is -0.268. The van der Waals surface area contributed by atoms with Crippen LogP contribution in [0.15, 0.2) is 73.3 Å². The van der Waals surface area contributed by atoms with E-state index >= 15 is 0 Å². The second-order valence-electron chi connectivity index (χ2n) is 11.2. The molecule has 2 aromatic rings. The van der Waals surface area contributed by atoms with E-state index in [2.05, 4.69) is 47.7 Å². The zero-order valence-corrected chi connectivity index (χ0v) is 22.6. The van der Waals surface area contributed by atoms with Crippen molar-refractivity contribution in [2.75, 3.05) is 32.7 Å². The van der Waals surface area contributed by atoms with Crippen molar-refractivity contribution >= 4 is 11.8 Å². The molecule has 0 aromatic heterocycles. The van der Waals surface area contributed by atoms with E-state index in [0.29, 0.717) is 24.6 Å². The van der Waals surface area contributed by atoms with Gasteiger partial charge >= 0.3 is 0 Å². The summed E-state index contributed by atoms with van der Waals surface area (Å²) in [7, 11) is 0. The van der Waals surface area contributed by atoms with E-state index in [1.165, 1.54) is 0 Å². The van der Waals surface area contributed by atoms with Gasteiger partial charge in [0.05, 0.1) is 6.54 Å². The molecule has 0 radical (unpaired) electrons. The van der Waals surface area contributed by atoms with Gasteiger partial charge in [0.25, 0.3) is 5.91 Å². The Labute approximate surface area is 227 Å². The summed E-state index contributed by atoms with van der Waals surface area (Å²) in [5.74, 6) is 0.692. The largest absolute Gasteiger partial charge is 0.339 e. The number of piperidine rings is 1. The van der Waals surface area contributed by atoms with E-state index in [1.807, 2.05) is 47.4 Å². The highest BCUT2D eigenvalue weighted by atomic mass is 16.7. The van der Waals surface area contributed by atoms with Crippen molar-refractivity contribution in [1.29, 1.82) is 0 Å². The number of hydroxylamine groups is 2. The number of likely N-dealkylation sites (tertiary alicyclic amines) is 1. The van der Waals surface area contributed by atoms with Gasteiger partial charge in [0.2, 0.25) is 5.91 Å². The molecule has 0 N–H and O–H groups in total. The zero-order valence-electron chi connectivity index (χ0n) is 22.6. The van der Waals surface area contributed by atoms with Crippen molar-refractivity contribution in [3.05, 3.63) is 84.4 Å². The Morgan fingerprint density at radius 3 is 2.26 bits per heavy atom. The fourth-order valence-electron chi connectivity index (χ4n) is 6.61. The average Bonchev–Trinajstić information content (AvgIpc) is 3.62. The SMILES string of the molecule is C=CCN(C(=O)c1ccccc1)C1CCN(O[C@]2(c3ccccc3)CN(C(=O)C3CCCC3)C[C@@H]2C)CC1. The maximum absolute atomic E-state index is 13.4. The summed E-state index contributed by atoms with van der Waals surface area (Å²) >= 11 is 0. The van der Waals surface area contributed by atoms with Crippen LogP contribution in [0.25, 0.3) is 0 Å². The van der Waals surface area contributed by atoms with Gasteiger partial charge in [0.15, 0.2) is 0 Å².